The summed E-state index contributed by atoms with van der Waals surface area (Å²) in [6.07, 6.45) is -0.957. The van der Waals surface area contributed by atoms with E-state index in [1.807, 2.05) is 6.07 Å². The molecule has 0 heterocycles. The van der Waals surface area contributed by atoms with Crippen molar-refractivity contribution in [3.8, 4) is 23.3 Å². The number of ether oxygens (including phenoxy) is 3. The normalized spacial score (nSPS) is 11.5. The van der Waals surface area contributed by atoms with E-state index in [9.17, 15) is 9.18 Å². The highest BCUT2D eigenvalue weighted by Gasteiger charge is 2.17. The Morgan fingerprint density at radius 2 is 1.72 bits per heavy atom. The van der Waals surface area contributed by atoms with Crippen LogP contribution in [0.2, 0.25) is 0 Å². The van der Waals surface area contributed by atoms with Gasteiger partial charge in [-0.1, -0.05) is 0 Å². The van der Waals surface area contributed by atoms with E-state index < -0.39 is 17.9 Å². The van der Waals surface area contributed by atoms with Crippen molar-refractivity contribution in [1.29, 1.82) is 5.26 Å². The van der Waals surface area contributed by atoms with Gasteiger partial charge in [-0.15, -0.1) is 0 Å². The number of nitrogens with zero attached hydrogens (tertiary/aromatic N) is 1. The Balaban J connectivity index is 2.00. The van der Waals surface area contributed by atoms with Gasteiger partial charge in [0.1, 0.15) is 11.5 Å². The van der Waals surface area contributed by atoms with Crippen molar-refractivity contribution in [1.82, 2.24) is 0 Å². The number of hydrogen-bond acceptors (Lipinski definition) is 5. The van der Waals surface area contributed by atoms with Crippen LogP contribution in [0.25, 0.3) is 0 Å². The van der Waals surface area contributed by atoms with Gasteiger partial charge >= 0.3 is 5.97 Å². The minimum Gasteiger partial charge on any atom is -0.479 e. The molecule has 0 radical (unpaired) electrons. The third-order valence-electron chi connectivity index (χ3n) is 3.11. The van der Waals surface area contributed by atoms with E-state index in [-0.39, 0.29) is 17.4 Å². The van der Waals surface area contributed by atoms with Gasteiger partial charge in [-0.05, 0) is 63.2 Å². The van der Waals surface area contributed by atoms with Crippen molar-refractivity contribution < 1.29 is 23.4 Å². The van der Waals surface area contributed by atoms with E-state index in [1.165, 1.54) is 12.1 Å². The first kappa shape index (κ1) is 18.3. The molecule has 5 nitrogen and oxygen atoms in total. The molecule has 0 saturated carbocycles. The number of hydrogen-bond donors (Lipinski definition) is 0. The van der Waals surface area contributed by atoms with Gasteiger partial charge in [0.2, 0.25) is 0 Å². The lowest BCUT2D eigenvalue weighted by atomic mass is 10.2. The Labute approximate surface area is 145 Å². The molecular weight excluding hydrogens is 325 g/mol. The number of nitriles is 1. The summed E-state index contributed by atoms with van der Waals surface area (Å²) >= 11 is 0. The Morgan fingerprint density at radius 3 is 2.28 bits per heavy atom. The van der Waals surface area contributed by atoms with Crippen molar-refractivity contribution in [2.75, 3.05) is 0 Å². The SMILES string of the molecule is CC(C)OC(=O)[C@@H](C)Oc1ccc(Oc2ccc(C#N)cc2F)cc1. The summed E-state index contributed by atoms with van der Waals surface area (Å²) in [4.78, 5) is 11.7. The molecule has 130 valence electrons. The molecule has 0 amide bonds. The third kappa shape index (κ3) is 5.21. The van der Waals surface area contributed by atoms with E-state index in [0.717, 1.165) is 6.07 Å². The largest absolute Gasteiger partial charge is 0.479 e. The molecule has 0 unspecified atom stereocenters. The molecule has 0 spiro atoms. The van der Waals surface area contributed by atoms with E-state index in [4.69, 9.17) is 19.5 Å². The molecule has 0 bridgehead atoms. The van der Waals surface area contributed by atoms with Gasteiger partial charge < -0.3 is 14.2 Å². The summed E-state index contributed by atoms with van der Waals surface area (Å²) < 4.78 is 29.8. The first-order valence-corrected chi connectivity index (χ1v) is 7.73. The zero-order valence-electron chi connectivity index (χ0n) is 14.2. The molecule has 0 aliphatic heterocycles. The predicted octanol–water partition coefficient (Wildman–Crippen LogP) is 4.21. The van der Waals surface area contributed by atoms with Crippen molar-refractivity contribution in [3.63, 3.8) is 0 Å². The monoisotopic (exact) mass is 343 g/mol. The molecule has 0 fully saturated rings. The minimum absolute atomic E-state index is 0.0153. The second kappa shape index (κ2) is 8.15. The highest BCUT2D eigenvalue weighted by molar-refractivity contribution is 5.74. The van der Waals surface area contributed by atoms with Gasteiger partial charge in [0.05, 0.1) is 17.7 Å². The first-order valence-electron chi connectivity index (χ1n) is 7.73. The predicted molar refractivity (Wildman–Crippen MR) is 88.9 cm³/mol. The fourth-order valence-corrected chi connectivity index (χ4v) is 1.95. The number of carbonyl (C=O) groups excluding carboxylic acids is 1. The maximum Gasteiger partial charge on any atom is 0.347 e. The lowest BCUT2D eigenvalue weighted by Gasteiger charge is -2.16. The van der Waals surface area contributed by atoms with E-state index in [1.54, 1.807) is 45.0 Å². The number of benzene rings is 2. The average molecular weight is 343 g/mol. The highest BCUT2D eigenvalue weighted by Crippen LogP contribution is 2.27. The fourth-order valence-electron chi connectivity index (χ4n) is 1.95. The zero-order valence-corrected chi connectivity index (χ0v) is 14.2. The smallest absolute Gasteiger partial charge is 0.347 e. The summed E-state index contributed by atoms with van der Waals surface area (Å²) in [6, 6.07) is 12.2. The maximum absolute atomic E-state index is 13.8. The lowest BCUT2D eigenvalue weighted by molar-refractivity contribution is -0.154. The van der Waals surface area contributed by atoms with Gasteiger partial charge in [0.25, 0.3) is 0 Å². The molecule has 25 heavy (non-hydrogen) atoms. The van der Waals surface area contributed by atoms with Crippen LogP contribution in [0.1, 0.15) is 26.3 Å². The first-order chi connectivity index (χ1) is 11.9. The van der Waals surface area contributed by atoms with Gasteiger partial charge in [-0.2, -0.15) is 5.26 Å². The van der Waals surface area contributed by atoms with Crippen molar-refractivity contribution in [3.05, 3.63) is 53.8 Å². The number of rotatable bonds is 6. The molecule has 0 saturated heterocycles. The summed E-state index contributed by atoms with van der Waals surface area (Å²) in [5, 5.41) is 8.73. The Bertz CT molecular complexity index is 781. The molecule has 0 aliphatic carbocycles. The van der Waals surface area contributed by atoms with Crippen LogP contribution in [-0.4, -0.2) is 18.2 Å². The molecular formula is C19H18FNO4. The van der Waals surface area contributed by atoms with E-state index >= 15 is 0 Å². The second-order valence-corrected chi connectivity index (χ2v) is 5.58. The molecule has 2 aromatic rings. The Morgan fingerprint density at radius 1 is 1.08 bits per heavy atom. The third-order valence-corrected chi connectivity index (χ3v) is 3.11. The fraction of sp³-hybridized carbons (Fsp3) is 0.263. The van der Waals surface area contributed by atoms with Crippen LogP contribution in [0.5, 0.6) is 17.2 Å². The standard InChI is InChI=1S/C19H18FNO4/c1-12(2)23-19(22)13(3)24-15-5-7-16(8-6-15)25-18-9-4-14(11-21)10-17(18)20/h4-10,12-13H,1-3H3/t13-/m1/s1. The Kier molecular flexibility index (Phi) is 5.96. The van der Waals surface area contributed by atoms with Crippen LogP contribution in [0.3, 0.4) is 0 Å². The number of halogens is 1. The summed E-state index contributed by atoms with van der Waals surface area (Å²) in [5.74, 6) is -0.199. The van der Waals surface area contributed by atoms with Gasteiger partial charge in [0.15, 0.2) is 17.7 Å². The van der Waals surface area contributed by atoms with Crippen molar-refractivity contribution >= 4 is 5.97 Å². The van der Waals surface area contributed by atoms with Gasteiger partial charge in [-0.25, -0.2) is 9.18 Å². The molecule has 0 N–H and O–H groups in total. The highest BCUT2D eigenvalue weighted by atomic mass is 19.1. The molecule has 0 aliphatic rings. The van der Waals surface area contributed by atoms with Crippen molar-refractivity contribution in [2.45, 2.75) is 33.0 Å². The molecule has 1 atom stereocenters. The molecule has 0 aromatic heterocycles. The van der Waals surface area contributed by atoms with Crippen LogP contribution >= 0.6 is 0 Å². The minimum atomic E-state index is -0.745. The number of carbonyl (C=O) groups is 1. The summed E-state index contributed by atoms with van der Waals surface area (Å²) in [7, 11) is 0. The van der Waals surface area contributed by atoms with E-state index in [0.29, 0.717) is 11.5 Å². The average Bonchev–Trinajstić information content (AvgIpc) is 2.57. The Hall–Kier alpha value is -3.07. The van der Waals surface area contributed by atoms with Crippen LogP contribution in [0, 0.1) is 17.1 Å². The molecule has 2 rings (SSSR count). The van der Waals surface area contributed by atoms with Crippen LogP contribution in [0.4, 0.5) is 4.39 Å². The quantitative estimate of drug-likeness (QED) is 0.735. The van der Waals surface area contributed by atoms with Crippen LogP contribution in [0.15, 0.2) is 42.5 Å². The molecule has 2 aromatic carbocycles. The summed E-state index contributed by atoms with van der Waals surface area (Å²) in [5.41, 5.74) is 0.218. The lowest BCUT2D eigenvalue weighted by Crippen LogP contribution is -2.28. The summed E-state index contributed by atoms with van der Waals surface area (Å²) in [6.45, 7) is 5.12. The topological polar surface area (TPSA) is 68.6 Å². The van der Waals surface area contributed by atoms with E-state index in [2.05, 4.69) is 0 Å². The second-order valence-electron chi connectivity index (χ2n) is 5.58. The van der Waals surface area contributed by atoms with Crippen molar-refractivity contribution in [2.24, 2.45) is 0 Å². The van der Waals surface area contributed by atoms with Crippen LogP contribution < -0.4 is 9.47 Å². The van der Waals surface area contributed by atoms with Gasteiger partial charge in [0, 0.05) is 0 Å². The maximum atomic E-state index is 13.8. The molecule has 6 heteroatoms. The number of esters is 1. The van der Waals surface area contributed by atoms with Gasteiger partial charge in [-0.3, -0.25) is 0 Å². The zero-order chi connectivity index (χ0) is 18.4. The van der Waals surface area contributed by atoms with Crippen LogP contribution in [-0.2, 0) is 9.53 Å².